The van der Waals surface area contributed by atoms with Gasteiger partial charge in [0.25, 0.3) is 0 Å². The average Bonchev–Trinajstić information content (AvgIpc) is 2.48. The number of ether oxygens (including phenoxy) is 1. The Kier molecular flexibility index (Phi) is 7.79. The first kappa shape index (κ1) is 17.5. The van der Waals surface area contributed by atoms with Gasteiger partial charge in [0.2, 0.25) is 0 Å². The van der Waals surface area contributed by atoms with E-state index in [9.17, 15) is 4.79 Å². The van der Waals surface area contributed by atoms with Crippen LogP contribution in [0.25, 0.3) is 0 Å². The Bertz CT molecular complexity index is 437. The summed E-state index contributed by atoms with van der Waals surface area (Å²) >= 11 is 0. The Hall–Kier alpha value is -1.59. The first-order valence-corrected chi connectivity index (χ1v) is 7.51. The molecule has 2 amide bonds. The van der Waals surface area contributed by atoms with Gasteiger partial charge >= 0.3 is 6.03 Å². The van der Waals surface area contributed by atoms with Crippen LogP contribution in [0.1, 0.15) is 32.4 Å². The van der Waals surface area contributed by atoms with Gasteiger partial charge in [-0.1, -0.05) is 19.1 Å². The molecule has 1 aromatic rings. The third kappa shape index (κ3) is 6.14. The fourth-order valence-corrected chi connectivity index (χ4v) is 1.98. The molecule has 1 atom stereocenters. The van der Waals surface area contributed by atoms with E-state index in [2.05, 4.69) is 30.5 Å². The zero-order valence-corrected chi connectivity index (χ0v) is 13.5. The molecule has 1 rings (SSSR count). The van der Waals surface area contributed by atoms with Crippen molar-refractivity contribution in [2.75, 3.05) is 38.7 Å². The second-order valence-corrected chi connectivity index (χ2v) is 4.95. The molecule has 0 aliphatic heterocycles. The van der Waals surface area contributed by atoms with E-state index >= 15 is 0 Å². The lowest BCUT2D eigenvalue weighted by molar-refractivity contribution is 0.128. The molecular weight excluding hydrogens is 266 g/mol. The van der Waals surface area contributed by atoms with Crippen molar-refractivity contribution in [1.82, 2.24) is 10.2 Å². The fourth-order valence-electron chi connectivity index (χ4n) is 1.98. The van der Waals surface area contributed by atoms with Crippen LogP contribution in [-0.2, 0) is 4.74 Å². The van der Waals surface area contributed by atoms with E-state index in [1.54, 1.807) is 11.9 Å². The molecular formula is C16H27N3O2. The van der Waals surface area contributed by atoms with Gasteiger partial charge in [0.05, 0.1) is 6.61 Å². The molecule has 1 aromatic carbocycles. The van der Waals surface area contributed by atoms with Crippen LogP contribution in [0.3, 0.4) is 0 Å². The number of hydrogen-bond acceptors (Lipinski definition) is 3. The van der Waals surface area contributed by atoms with Gasteiger partial charge in [-0.25, -0.2) is 4.79 Å². The Morgan fingerprint density at radius 2 is 2.14 bits per heavy atom. The summed E-state index contributed by atoms with van der Waals surface area (Å²) < 4.78 is 5.25. The summed E-state index contributed by atoms with van der Waals surface area (Å²) in [6.07, 6.45) is 0. The van der Waals surface area contributed by atoms with E-state index in [1.807, 2.05) is 25.1 Å². The van der Waals surface area contributed by atoms with Crippen molar-refractivity contribution in [3.05, 3.63) is 29.8 Å². The molecule has 0 saturated heterocycles. The second-order valence-electron chi connectivity index (χ2n) is 4.95. The van der Waals surface area contributed by atoms with E-state index in [0.29, 0.717) is 19.8 Å². The van der Waals surface area contributed by atoms with Crippen LogP contribution in [0.5, 0.6) is 0 Å². The van der Waals surface area contributed by atoms with E-state index in [1.165, 1.54) is 0 Å². The Morgan fingerprint density at radius 3 is 2.81 bits per heavy atom. The van der Waals surface area contributed by atoms with Crippen molar-refractivity contribution in [3.8, 4) is 0 Å². The summed E-state index contributed by atoms with van der Waals surface area (Å²) in [6.45, 7) is 8.84. The van der Waals surface area contributed by atoms with Gasteiger partial charge in [0.1, 0.15) is 0 Å². The highest BCUT2D eigenvalue weighted by Crippen LogP contribution is 2.17. The first-order valence-electron chi connectivity index (χ1n) is 7.51. The lowest BCUT2D eigenvalue weighted by Gasteiger charge is -2.19. The number of hydrogen-bond donors (Lipinski definition) is 2. The fraction of sp³-hybridized carbons (Fsp3) is 0.562. The predicted molar refractivity (Wildman–Crippen MR) is 86.7 cm³/mol. The van der Waals surface area contributed by atoms with Crippen LogP contribution in [0, 0.1) is 0 Å². The lowest BCUT2D eigenvalue weighted by Crippen LogP contribution is -2.34. The third-order valence-electron chi connectivity index (χ3n) is 3.27. The molecule has 5 heteroatoms. The molecule has 1 unspecified atom stereocenters. The molecule has 118 valence electrons. The standard InChI is InChI=1S/C16H27N3O2/c1-5-17-13(3)14-8-7-9-15(12-14)18-16(20)19(4)10-11-21-6-2/h7-9,12-13,17H,5-6,10-11H2,1-4H3,(H,18,20). The highest BCUT2D eigenvalue weighted by molar-refractivity contribution is 5.89. The number of benzene rings is 1. The topological polar surface area (TPSA) is 53.6 Å². The van der Waals surface area contributed by atoms with Gasteiger partial charge in [0, 0.05) is 31.9 Å². The van der Waals surface area contributed by atoms with E-state index in [0.717, 1.165) is 17.8 Å². The maximum atomic E-state index is 12.1. The zero-order chi connectivity index (χ0) is 15.7. The van der Waals surface area contributed by atoms with Crippen LogP contribution in [0.15, 0.2) is 24.3 Å². The molecule has 0 saturated carbocycles. The quantitative estimate of drug-likeness (QED) is 0.725. The summed E-state index contributed by atoms with van der Waals surface area (Å²) in [5.41, 5.74) is 1.97. The highest BCUT2D eigenvalue weighted by Gasteiger charge is 2.10. The first-order chi connectivity index (χ1) is 10.1. The van der Waals surface area contributed by atoms with Gasteiger partial charge < -0.3 is 20.3 Å². The molecule has 0 spiro atoms. The zero-order valence-electron chi connectivity index (χ0n) is 13.5. The number of carbonyl (C=O) groups excluding carboxylic acids is 1. The van der Waals surface area contributed by atoms with Crippen molar-refractivity contribution < 1.29 is 9.53 Å². The minimum atomic E-state index is -0.122. The number of carbonyl (C=O) groups is 1. The maximum Gasteiger partial charge on any atom is 0.321 e. The van der Waals surface area contributed by atoms with E-state index in [-0.39, 0.29) is 12.1 Å². The Morgan fingerprint density at radius 1 is 1.38 bits per heavy atom. The molecule has 0 radical (unpaired) electrons. The molecule has 0 bridgehead atoms. The van der Waals surface area contributed by atoms with Crippen molar-refractivity contribution in [2.45, 2.75) is 26.8 Å². The molecule has 0 aromatic heterocycles. The van der Waals surface area contributed by atoms with Gasteiger partial charge in [-0.3, -0.25) is 0 Å². The summed E-state index contributed by atoms with van der Waals surface area (Å²) in [5, 5.41) is 6.27. The number of nitrogens with zero attached hydrogens (tertiary/aromatic N) is 1. The summed E-state index contributed by atoms with van der Waals surface area (Å²) in [7, 11) is 1.76. The van der Waals surface area contributed by atoms with Gasteiger partial charge in [-0.05, 0) is 38.1 Å². The Balaban J connectivity index is 2.57. The van der Waals surface area contributed by atoms with Crippen molar-refractivity contribution in [1.29, 1.82) is 0 Å². The smallest absolute Gasteiger partial charge is 0.321 e. The number of amides is 2. The van der Waals surface area contributed by atoms with Crippen molar-refractivity contribution in [3.63, 3.8) is 0 Å². The van der Waals surface area contributed by atoms with Crippen LogP contribution < -0.4 is 10.6 Å². The lowest BCUT2D eigenvalue weighted by atomic mass is 10.1. The largest absolute Gasteiger partial charge is 0.380 e. The minimum Gasteiger partial charge on any atom is -0.380 e. The molecule has 0 aliphatic carbocycles. The number of anilines is 1. The SMILES string of the molecule is CCNC(C)c1cccc(NC(=O)N(C)CCOCC)c1. The molecule has 0 aliphatic rings. The van der Waals surface area contributed by atoms with Gasteiger partial charge in [-0.15, -0.1) is 0 Å². The van der Waals surface area contributed by atoms with Crippen molar-refractivity contribution >= 4 is 11.7 Å². The average molecular weight is 293 g/mol. The van der Waals surface area contributed by atoms with Crippen LogP contribution in [0.2, 0.25) is 0 Å². The molecule has 0 heterocycles. The normalized spacial score (nSPS) is 12.0. The van der Waals surface area contributed by atoms with Crippen molar-refractivity contribution in [2.24, 2.45) is 0 Å². The monoisotopic (exact) mass is 293 g/mol. The summed E-state index contributed by atoms with van der Waals surface area (Å²) in [5.74, 6) is 0. The number of rotatable bonds is 8. The van der Waals surface area contributed by atoms with E-state index < -0.39 is 0 Å². The van der Waals surface area contributed by atoms with E-state index in [4.69, 9.17) is 4.74 Å². The number of urea groups is 1. The summed E-state index contributed by atoms with van der Waals surface area (Å²) in [4.78, 5) is 13.7. The molecule has 5 nitrogen and oxygen atoms in total. The van der Waals surface area contributed by atoms with Gasteiger partial charge in [-0.2, -0.15) is 0 Å². The molecule has 0 fully saturated rings. The van der Waals surface area contributed by atoms with Gasteiger partial charge in [0.15, 0.2) is 0 Å². The minimum absolute atomic E-state index is 0.122. The highest BCUT2D eigenvalue weighted by atomic mass is 16.5. The van der Waals surface area contributed by atoms with Crippen LogP contribution >= 0.6 is 0 Å². The summed E-state index contributed by atoms with van der Waals surface area (Å²) in [6, 6.07) is 8.06. The predicted octanol–water partition coefficient (Wildman–Crippen LogP) is 2.86. The number of likely N-dealkylation sites (N-methyl/N-ethyl adjacent to an activating group) is 1. The van der Waals surface area contributed by atoms with Crippen LogP contribution in [0.4, 0.5) is 10.5 Å². The molecule has 2 N–H and O–H groups in total. The second kappa shape index (κ2) is 9.37. The third-order valence-corrected chi connectivity index (χ3v) is 3.27. The Labute approximate surface area is 127 Å². The number of nitrogens with one attached hydrogen (secondary N) is 2. The molecule has 21 heavy (non-hydrogen) atoms. The van der Waals surface area contributed by atoms with Crippen LogP contribution in [-0.4, -0.2) is 44.3 Å². The maximum absolute atomic E-state index is 12.1.